The van der Waals surface area contributed by atoms with Gasteiger partial charge in [-0.05, 0) is 39.4 Å². The lowest BCUT2D eigenvalue weighted by atomic mass is 10.0. The molecule has 2 atom stereocenters. The third-order valence-electron chi connectivity index (χ3n) is 4.47. The molecule has 2 rings (SSSR count). The predicted octanol–water partition coefficient (Wildman–Crippen LogP) is 2.84. The monoisotopic (exact) mass is 292 g/mol. The maximum absolute atomic E-state index is 5.53. The zero-order valence-corrected chi connectivity index (χ0v) is 13.7. The van der Waals surface area contributed by atoms with Crippen molar-refractivity contribution in [2.24, 2.45) is 0 Å². The average Bonchev–Trinajstić information content (AvgIpc) is 2.54. The lowest BCUT2D eigenvalue weighted by Gasteiger charge is -2.32. The summed E-state index contributed by atoms with van der Waals surface area (Å²) in [7, 11) is 5.58. The van der Waals surface area contributed by atoms with Crippen molar-refractivity contribution in [1.82, 2.24) is 10.2 Å². The minimum absolute atomic E-state index is 0.314. The summed E-state index contributed by atoms with van der Waals surface area (Å²) in [4.78, 5) is 2.40. The minimum Gasteiger partial charge on any atom is -0.497 e. The first-order valence-corrected chi connectivity index (χ1v) is 7.81. The van der Waals surface area contributed by atoms with E-state index < -0.39 is 0 Å². The molecule has 0 radical (unpaired) electrons. The average molecular weight is 292 g/mol. The largest absolute Gasteiger partial charge is 0.497 e. The van der Waals surface area contributed by atoms with E-state index in [1.165, 1.54) is 24.8 Å². The molecule has 4 nitrogen and oxygen atoms in total. The second-order valence-electron chi connectivity index (χ2n) is 5.87. The van der Waals surface area contributed by atoms with Crippen LogP contribution in [0.15, 0.2) is 18.2 Å². The van der Waals surface area contributed by atoms with Gasteiger partial charge in [-0.1, -0.05) is 12.5 Å². The van der Waals surface area contributed by atoms with E-state index in [-0.39, 0.29) is 0 Å². The standard InChI is InChI=1S/C17H28N2O2/c1-13(19(2)12-14-7-5-6-10-18-14)16-9-8-15(20-3)11-17(16)21-4/h8-9,11,13-14,18H,5-7,10,12H2,1-4H3. The Morgan fingerprint density at radius 2 is 2.10 bits per heavy atom. The van der Waals surface area contributed by atoms with E-state index in [1.807, 2.05) is 12.1 Å². The van der Waals surface area contributed by atoms with Crippen LogP contribution in [0.25, 0.3) is 0 Å². The summed E-state index contributed by atoms with van der Waals surface area (Å²) in [6.45, 7) is 4.45. The number of nitrogens with zero attached hydrogens (tertiary/aromatic N) is 1. The topological polar surface area (TPSA) is 33.7 Å². The van der Waals surface area contributed by atoms with E-state index in [4.69, 9.17) is 9.47 Å². The van der Waals surface area contributed by atoms with Crippen LogP contribution in [0.2, 0.25) is 0 Å². The van der Waals surface area contributed by atoms with Crippen LogP contribution in [0.5, 0.6) is 11.5 Å². The number of hydrogen-bond donors (Lipinski definition) is 1. The molecule has 118 valence electrons. The van der Waals surface area contributed by atoms with Gasteiger partial charge in [0.15, 0.2) is 0 Å². The Morgan fingerprint density at radius 3 is 2.71 bits per heavy atom. The Bertz CT molecular complexity index is 444. The fourth-order valence-corrected chi connectivity index (χ4v) is 2.99. The maximum Gasteiger partial charge on any atom is 0.127 e. The SMILES string of the molecule is COc1ccc(C(C)N(C)CC2CCCCN2)c(OC)c1. The molecule has 1 N–H and O–H groups in total. The van der Waals surface area contributed by atoms with Gasteiger partial charge in [0.05, 0.1) is 14.2 Å². The fraction of sp³-hybridized carbons (Fsp3) is 0.647. The van der Waals surface area contributed by atoms with Crippen LogP contribution in [0.4, 0.5) is 0 Å². The predicted molar refractivity (Wildman–Crippen MR) is 86.2 cm³/mol. The van der Waals surface area contributed by atoms with Gasteiger partial charge in [-0.3, -0.25) is 4.90 Å². The molecule has 21 heavy (non-hydrogen) atoms. The van der Waals surface area contributed by atoms with Crippen LogP contribution in [-0.4, -0.2) is 45.3 Å². The number of hydrogen-bond acceptors (Lipinski definition) is 4. The van der Waals surface area contributed by atoms with Gasteiger partial charge >= 0.3 is 0 Å². The highest BCUT2D eigenvalue weighted by atomic mass is 16.5. The maximum atomic E-state index is 5.53. The lowest BCUT2D eigenvalue weighted by Crippen LogP contribution is -2.43. The van der Waals surface area contributed by atoms with Crippen molar-refractivity contribution < 1.29 is 9.47 Å². The molecule has 0 spiro atoms. The van der Waals surface area contributed by atoms with Crippen LogP contribution in [-0.2, 0) is 0 Å². The van der Waals surface area contributed by atoms with Crippen molar-refractivity contribution in [1.29, 1.82) is 0 Å². The van der Waals surface area contributed by atoms with Crippen molar-refractivity contribution in [3.63, 3.8) is 0 Å². The molecule has 0 amide bonds. The van der Waals surface area contributed by atoms with E-state index in [2.05, 4.69) is 30.3 Å². The van der Waals surface area contributed by atoms with Crippen LogP contribution in [0, 0.1) is 0 Å². The summed E-state index contributed by atoms with van der Waals surface area (Å²) in [5, 5.41) is 3.61. The van der Waals surface area contributed by atoms with E-state index >= 15 is 0 Å². The van der Waals surface area contributed by atoms with Gasteiger partial charge in [0.2, 0.25) is 0 Å². The number of ether oxygens (including phenoxy) is 2. The molecule has 1 aliphatic rings. The second kappa shape index (κ2) is 7.66. The van der Waals surface area contributed by atoms with Gasteiger partial charge in [0.1, 0.15) is 11.5 Å². The normalized spacial score (nSPS) is 20.3. The molecule has 0 aromatic heterocycles. The highest BCUT2D eigenvalue weighted by Gasteiger charge is 2.21. The Balaban J connectivity index is 2.05. The Kier molecular flexibility index (Phi) is 5.88. The molecule has 1 saturated heterocycles. The molecule has 2 unspecified atom stereocenters. The summed E-state index contributed by atoms with van der Waals surface area (Å²) < 4.78 is 10.8. The van der Waals surface area contributed by atoms with Crippen LogP contribution >= 0.6 is 0 Å². The molecular weight excluding hydrogens is 264 g/mol. The Hall–Kier alpha value is -1.26. The van der Waals surface area contributed by atoms with E-state index in [1.54, 1.807) is 14.2 Å². The van der Waals surface area contributed by atoms with Gasteiger partial charge in [0.25, 0.3) is 0 Å². The van der Waals surface area contributed by atoms with Gasteiger partial charge in [-0.15, -0.1) is 0 Å². The van der Waals surface area contributed by atoms with Crippen LogP contribution in [0.1, 0.15) is 37.8 Å². The van der Waals surface area contributed by atoms with Crippen molar-refractivity contribution in [3.05, 3.63) is 23.8 Å². The zero-order chi connectivity index (χ0) is 15.2. The van der Waals surface area contributed by atoms with Gasteiger partial charge in [-0.25, -0.2) is 0 Å². The van der Waals surface area contributed by atoms with Gasteiger partial charge in [0, 0.05) is 30.3 Å². The molecule has 1 aromatic rings. The molecule has 1 aliphatic heterocycles. The first-order chi connectivity index (χ1) is 10.2. The third kappa shape index (κ3) is 4.11. The van der Waals surface area contributed by atoms with Crippen molar-refractivity contribution in [2.45, 2.75) is 38.3 Å². The van der Waals surface area contributed by atoms with Crippen molar-refractivity contribution in [3.8, 4) is 11.5 Å². The van der Waals surface area contributed by atoms with E-state index in [9.17, 15) is 0 Å². The molecule has 0 saturated carbocycles. The van der Waals surface area contributed by atoms with Gasteiger partial charge < -0.3 is 14.8 Å². The summed E-state index contributed by atoms with van der Waals surface area (Å²) in [6, 6.07) is 6.98. The van der Waals surface area contributed by atoms with Crippen LogP contribution < -0.4 is 14.8 Å². The Labute approximate surface area is 128 Å². The molecule has 1 heterocycles. The number of likely N-dealkylation sites (N-methyl/N-ethyl adjacent to an activating group) is 1. The smallest absolute Gasteiger partial charge is 0.127 e. The van der Waals surface area contributed by atoms with Gasteiger partial charge in [-0.2, -0.15) is 0 Å². The zero-order valence-electron chi connectivity index (χ0n) is 13.7. The molecule has 0 aliphatic carbocycles. The van der Waals surface area contributed by atoms with Crippen LogP contribution in [0.3, 0.4) is 0 Å². The quantitative estimate of drug-likeness (QED) is 0.874. The summed E-state index contributed by atoms with van der Waals surface area (Å²) in [6.07, 6.45) is 3.92. The number of piperidine rings is 1. The van der Waals surface area contributed by atoms with Crippen molar-refractivity contribution >= 4 is 0 Å². The van der Waals surface area contributed by atoms with Crippen molar-refractivity contribution in [2.75, 3.05) is 34.4 Å². The lowest BCUT2D eigenvalue weighted by molar-refractivity contribution is 0.211. The summed E-state index contributed by atoms with van der Waals surface area (Å²) >= 11 is 0. The third-order valence-corrected chi connectivity index (χ3v) is 4.47. The number of benzene rings is 1. The first-order valence-electron chi connectivity index (χ1n) is 7.81. The summed E-state index contributed by atoms with van der Waals surface area (Å²) in [5.74, 6) is 1.73. The molecule has 4 heteroatoms. The fourth-order valence-electron chi connectivity index (χ4n) is 2.99. The highest BCUT2D eigenvalue weighted by molar-refractivity contribution is 5.42. The molecule has 0 bridgehead atoms. The number of nitrogens with one attached hydrogen (secondary N) is 1. The molecule has 1 aromatic carbocycles. The number of rotatable bonds is 6. The van der Waals surface area contributed by atoms with E-state index in [0.717, 1.165) is 24.6 Å². The Morgan fingerprint density at radius 1 is 1.29 bits per heavy atom. The molecular formula is C17H28N2O2. The van der Waals surface area contributed by atoms with E-state index in [0.29, 0.717) is 12.1 Å². The first kappa shape index (κ1) is 16.1. The number of methoxy groups -OCH3 is 2. The molecule has 1 fully saturated rings. The minimum atomic E-state index is 0.314. The summed E-state index contributed by atoms with van der Waals surface area (Å²) in [5.41, 5.74) is 1.21. The second-order valence-corrected chi connectivity index (χ2v) is 5.87. The highest BCUT2D eigenvalue weighted by Crippen LogP contribution is 2.32.